The van der Waals surface area contributed by atoms with Gasteiger partial charge in [0.15, 0.2) is 0 Å². The zero-order valence-corrected chi connectivity index (χ0v) is 12.6. The van der Waals surface area contributed by atoms with Crippen LogP contribution in [-0.4, -0.2) is 31.4 Å². The summed E-state index contributed by atoms with van der Waals surface area (Å²) in [6.07, 6.45) is 0. The number of nitrogens with zero attached hydrogens (tertiary/aromatic N) is 1. The average Bonchev–Trinajstić information content (AvgIpc) is 2.53. The Morgan fingerprint density at radius 1 is 1.05 bits per heavy atom. The first kappa shape index (κ1) is 15.1. The summed E-state index contributed by atoms with van der Waals surface area (Å²) in [5.41, 5.74) is 3.38. The van der Waals surface area contributed by atoms with Crippen LogP contribution in [0.15, 0.2) is 24.3 Å². The highest BCUT2D eigenvalue weighted by Gasteiger charge is 2.17. The smallest absolute Gasteiger partial charge is 0.224 e. The molecule has 0 aliphatic rings. The highest BCUT2D eigenvalue weighted by Crippen LogP contribution is 2.37. The van der Waals surface area contributed by atoms with Gasteiger partial charge in [-0.1, -0.05) is 6.07 Å². The molecule has 0 spiro atoms. The van der Waals surface area contributed by atoms with E-state index in [9.17, 15) is 5.11 Å². The molecule has 1 aromatic carbocycles. The third-order valence-electron chi connectivity index (χ3n) is 3.32. The predicted molar refractivity (Wildman–Crippen MR) is 80.0 cm³/mol. The minimum absolute atomic E-state index is 0.0754. The van der Waals surface area contributed by atoms with Gasteiger partial charge in [0.25, 0.3) is 0 Å². The summed E-state index contributed by atoms with van der Waals surface area (Å²) in [5.74, 6) is 1.65. The van der Waals surface area contributed by atoms with Gasteiger partial charge in [-0.2, -0.15) is 4.98 Å². The van der Waals surface area contributed by atoms with Crippen LogP contribution in [0.3, 0.4) is 0 Å². The predicted octanol–water partition coefficient (Wildman–Crippen LogP) is 2.58. The number of pyridine rings is 1. The van der Waals surface area contributed by atoms with Crippen LogP contribution in [0.5, 0.6) is 17.5 Å². The number of methoxy groups -OCH3 is 3. The molecule has 0 unspecified atom stereocenters. The first-order valence-electron chi connectivity index (χ1n) is 6.52. The van der Waals surface area contributed by atoms with Crippen molar-refractivity contribution in [3.63, 3.8) is 0 Å². The van der Waals surface area contributed by atoms with E-state index in [-0.39, 0.29) is 6.61 Å². The average molecular weight is 289 g/mol. The Bertz CT molecular complexity index is 640. The number of aliphatic hydroxyl groups excluding tert-OH is 1. The molecular weight excluding hydrogens is 270 g/mol. The van der Waals surface area contributed by atoms with Crippen molar-refractivity contribution in [2.45, 2.75) is 13.5 Å². The quantitative estimate of drug-likeness (QED) is 0.916. The van der Waals surface area contributed by atoms with E-state index in [4.69, 9.17) is 14.2 Å². The van der Waals surface area contributed by atoms with Gasteiger partial charge < -0.3 is 19.3 Å². The molecule has 0 saturated heterocycles. The molecule has 0 atom stereocenters. The van der Waals surface area contributed by atoms with Gasteiger partial charge in [-0.05, 0) is 35.7 Å². The van der Waals surface area contributed by atoms with E-state index in [2.05, 4.69) is 4.98 Å². The Morgan fingerprint density at radius 3 is 2.38 bits per heavy atom. The first-order valence-corrected chi connectivity index (χ1v) is 6.52. The summed E-state index contributed by atoms with van der Waals surface area (Å²) in [6.45, 7) is 1.87. The van der Waals surface area contributed by atoms with Gasteiger partial charge in [0.2, 0.25) is 11.8 Å². The zero-order valence-electron chi connectivity index (χ0n) is 12.6. The molecule has 0 saturated carbocycles. The Kier molecular flexibility index (Phi) is 4.65. The number of aromatic nitrogens is 1. The Balaban J connectivity index is 2.70. The number of hydrogen-bond acceptors (Lipinski definition) is 5. The van der Waals surface area contributed by atoms with Gasteiger partial charge in [-0.25, -0.2) is 0 Å². The zero-order chi connectivity index (χ0) is 15.4. The van der Waals surface area contributed by atoms with E-state index in [0.29, 0.717) is 17.5 Å². The molecule has 1 aromatic heterocycles. The molecule has 2 rings (SSSR count). The molecule has 0 radical (unpaired) electrons. The second kappa shape index (κ2) is 6.45. The fourth-order valence-electron chi connectivity index (χ4n) is 2.25. The molecule has 1 N–H and O–H groups in total. The lowest BCUT2D eigenvalue weighted by Gasteiger charge is -2.16. The lowest BCUT2D eigenvalue weighted by atomic mass is 9.97. The Morgan fingerprint density at radius 2 is 1.81 bits per heavy atom. The van der Waals surface area contributed by atoms with Gasteiger partial charge in [0.1, 0.15) is 5.75 Å². The van der Waals surface area contributed by atoms with Crippen LogP contribution in [-0.2, 0) is 6.61 Å². The monoisotopic (exact) mass is 289 g/mol. The molecule has 0 bridgehead atoms. The maximum Gasteiger partial charge on any atom is 0.224 e. The molecule has 5 heteroatoms. The third kappa shape index (κ3) is 2.92. The molecule has 2 aromatic rings. The van der Waals surface area contributed by atoms with Crippen molar-refractivity contribution in [3.8, 4) is 28.6 Å². The van der Waals surface area contributed by atoms with E-state index < -0.39 is 0 Å². The van der Waals surface area contributed by atoms with Gasteiger partial charge >= 0.3 is 0 Å². The van der Waals surface area contributed by atoms with Crippen molar-refractivity contribution in [2.24, 2.45) is 0 Å². The largest absolute Gasteiger partial charge is 0.497 e. The van der Waals surface area contributed by atoms with Crippen molar-refractivity contribution >= 4 is 0 Å². The van der Waals surface area contributed by atoms with E-state index in [1.807, 2.05) is 31.2 Å². The lowest BCUT2D eigenvalue weighted by molar-refractivity contribution is 0.282. The summed E-state index contributed by atoms with van der Waals surface area (Å²) in [4.78, 5) is 4.31. The van der Waals surface area contributed by atoms with Gasteiger partial charge in [0.05, 0.1) is 27.9 Å². The molecule has 0 aliphatic heterocycles. The number of aliphatic hydroxyl groups is 1. The fraction of sp³-hybridized carbons (Fsp3) is 0.312. The highest BCUT2D eigenvalue weighted by atomic mass is 16.5. The minimum Gasteiger partial charge on any atom is -0.497 e. The number of aryl methyl sites for hydroxylation is 1. The molecule has 0 aliphatic carbocycles. The molecule has 5 nitrogen and oxygen atoms in total. The second-order valence-corrected chi connectivity index (χ2v) is 4.55. The molecule has 112 valence electrons. The van der Waals surface area contributed by atoms with E-state index in [1.165, 1.54) is 0 Å². The number of hydrogen-bond donors (Lipinski definition) is 1. The van der Waals surface area contributed by atoms with Crippen LogP contribution < -0.4 is 14.2 Å². The number of ether oxygens (including phenoxy) is 3. The molecule has 21 heavy (non-hydrogen) atoms. The molecular formula is C16H19NO4. The van der Waals surface area contributed by atoms with Crippen molar-refractivity contribution in [1.82, 2.24) is 4.98 Å². The lowest BCUT2D eigenvalue weighted by Crippen LogP contribution is -2.00. The summed E-state index contributed by atoms with van der Waals surface area (Å²) < 4.78 is 15.8. The maximum absolute atomic E-state index is 9.57. The molecule has 0 fully saturated rings. The summed E-state index contributed by atoms with van der Waals surface area (Å²) in [6, 6.07) is 7.34. The minimum atomic E-state index is -0.0754. The van der Waals surface area contributed by atoms with Crippen LogP contribution in [0.2, 0.25) is 0 Å². The van der Waals surface area contributed by atoms with Gasteiger partial charge in [-0.3, -0.25) is 0 Å². The summed E-state index contributed by atoms with van der Waals surface area (Å²) in [7, 11) is 4.73. The van der Waals surface area contributed by atoms with Crippen molar-refractivity contribution < 1.29 is 19.3 Å². The molecule has 1 heterocycles. The Labute approximate surface area is 124 Å². The van der Waals surface area contributed by atoms with Crippen LogP contribution in [0.4, 0.5) is 0 Å². The van der Waals surface area contributed by atoms with Crippen molar-refractivity contribution in [3.05, 3.63) is 35.4 Å². The fourth-order valence-corrected chi connectivity index (χ4v) is 2.25. The topological polar surface area (TPSA) is 60.8 Å². The van der Waals surface area contributed by atoms with Crippen molar-refractivity contribution in [1.29, 1.82) is 0 Å². The van der Waals surface area contributed by atoms with Crippen LogP contribution in [0.25, 0.3) is 11.1 Å². The van der Waals surface area contributed by atoms with Gasteiger partial charge in [-0.15, -0.1) is 0 Å². The first-order chi connectivity index (χ1) is 10.1. The Hall–Kier alpha value is -2.27. The van der Waals surface area contributed by atoms with E-state index in [0.717, 1.165) is 22.3 Å². The standard InChI is InChI=1S/C16H19NO4/c1-10-7-14(20-3)17-16(21-4)15(10)13-8-12(19-2)6-5-11(13)9-18/h5-8,18H,9H2,1-4H3. The number of benzene rings is 1. The van der Waals surface area contributed by atoms with Gasteiger partial charge in [0, 0.05) is 11.6 Å². The normalized spacial score (nSPS) is 10.3. The SMILES string of the molecule is COc1ccc(CO)c(-c2c(C)cc(OC)nc2OC)c1. The van der Waals surface area contributed by atoms with Crippen LogP contribution in [0, 0.1) is 6.92 Å². The third-order valence-corrected chi connectivity index (χ3v) is 3.32. The highest BCUT2D eigenvalue weighted by molar-refractivity contribution is 5.76. The van der Waals surface area contributed by atoms with E-state index in [1.54, 1.807) is 21.3 Å². The second-order valence-electron chi connectivity index (χ2n) is 4.55. The summed E-state index contributed by atoms with van der Waals surface area (Å²) >= 11 is 0. The van der Waals surface area contributed by atoms with Crippen LogP contribution in [0.1, 0.15) is 11.1 Å². The maximum atomic E-state index is 9.57. The number of rotatable bonds is 5. The summed E-state index contributed by atoms with van der Waals surface area (Å²) in [5, 5.41) is 9.57. The van der Waals surface area contributed by atoms with Crippen LogP contribution >= 0.6 is 0 Å². The van der Waals surface area contributed by atoms with Crippen molar-refractivity contribution in [2.75, 3.05) is 21.3 Å². The molecule has 0 amide bonds. The van der Waals surface area contributed by atoms with E-state index >= 15 is 0 Å².